The molecule has 0 radical (unpaired) electrons. The van der Waals surface area contributed by atoms with Crippen LogP contribution in [0.2, 0.25) is 0 Å². The van der Waals surface area contributed by atoms with E-state index in [2.05, 4.69) is 13.8 Å². The molecule has 1 fully saturated rings. The standard InChI is InChI=1S/C18H22N2O5/c1-13-9-14(2)11-19(10-13)17(21)12-25-18(22)8-5-15-3-6-16(7-4-15)20(23)24/h3-8,13-14H,9-12H2,1-2H3/b8-5+/t13-,14-/m1/s1. The van der Waals surface area contributed by atoms with E-state index in [1.807, 2.05) is 0 Å². The Labute approximate surface area is 146 Å². The number of ether oxygens (including phenoxy) is 1. The summed E-state index contributed by atoms with van der Waals surface area (Å²) >= 11 is 0. The van der Waals surface area contributed by atoms with Gasteiger partial charge in [0.2, 0.25) is 0 Å². The molecule has 1 aromatic carbocycles. The molecule has 25 heavy (non-hydrogen) atoms. The molecule has 0 N–H and O–H groups in total. The van der Waals surface area contributed by atoms with Gasteiger partial charge in [-0.05, 0) is 42.0 Å². The average molecular weight is 346 g/mol. The van der Waals surface area contributed by atoms with Crippen molar-refractivity contribution in [3.05, 3.63) is 46.0 Å². The number of rotatable bonds is 5. The van der Waals surface area contributed by atoms with E-state index in [9.17, 15) is 19.7 Å². The van der Waals surface area contributed by atoms with Crippen molar-refractivity contribution in [1.29, 1.82) is 0 Å². The van der Waals surface area contributed by atoms with Gasteiger partial charge in [-0.2, -0.15) is 0 Å². The number of non-ortho nitro benzene ring substituents is 1. The maximum absolute atomic E-state index is 12.1. The fourth-order valence-electron chi connectivity index (χ4n) is 3.01. The summed E-state index contributed by atoms with van der Waals surface area (Å²) in [5, 5.41) is 10.6. The Balaban J connectivity index is 1.81. The lowest BCUT2D eigenvalue weighted by Gasteiger charge is -2.34. The third-order valence-electron chi connectivity index (χ3n) is 4.08. The summed E-state index contributed by atoms with van der Waals surface area (Å²) < 4.78 is 4.99. The normalized spacial score (nSPS) is 20.5. The molecule has 1 saturated heterocycles. The second-order valence-electron chi connectivity index (χ2n) is 6.53. The second-order valence-corrected chi connectivity index (χ2v) is 6.53. The molecule has 1 heterocycles. The first-order valence-corrected chi connectivity index (χ1v) is 8.22. The van der Waals surface area contributed by atoms with Gasteiger partial charge < -0.3 is 9.64 Å². The van der Waals surface area contributed by atoms with Crippen LogP contribution in [0.1, 0.15) is 25.8 Å². The first-order chi connectivity index (χ1) is 11.8. The fraction of sp³-hybridized carbons (Fsp3) is 0.444. The number of amides is 1. The van der Waals surface area contributed by atoms with E-state index in [1.54, 1.807) is 4.90 Å². The summed E-state index contributed by atoms with van der Waals surface area (Å²) in [5.74, 6) is 0.0937. The lowest BCUT2D eigenvalue weighted by Crippen LogP contribution is -2.44. The summed E-state index contributed by atoms with van der Waals surface area (Å²) in [7, 11) is 0. The van der Waals surface area contributed by atoms with Gasteiger partial charge in [-0.25, -0.2) is 4.79 Å². The molecule has 0 saturated carbocycles. The predicted molar refractivity (Wildman–Crippen MR) is 92.6 cm³/mol. The van der Waals surface area contributed by atoms with Gasteiger partial charge in [-0.15, -0.1) is 0 Å². The highest BCUT2D eigenvalue weighted by Crippen LogP contribution is 2.20. The largest absolute Gasteiger partial charge is 0.452 e. The quantitative estimate of drug-likeness (QED) is 0.354. The van der Waals surface area contributed by atoms with Crippen molar-refractivity contribution in [2.24, 2.45) is 11.8 Å². The van der Waals surface area contributed by atoms with E-state index < -0.39 is 10.9 Å². The number of nitro benzene ring substituents is 1. The molecule has 2 rings (SSSR count). The van der Waals surface area contributed by atoms with Crippen molar-refractivity contribution in [1.82, 2.24) is 4.90 Å². The first-order valence-electron chi connectivity index (χ1n) is 8.22. The number of piperidine rings is 1. The maximum Gasteiger partial charge on any atom is 0.331 e. The number of nitrogens with zero attached hydrogens (tertiary/aromatic N) is 2. The molecule has 0 aromatic heterocycles. The minimum Gasteiger partial charge on any atom is -0.452 e. The Kier molecular flexibility index (Phi) is 6.27. The van der Waals surface area contributed by atoms with Crippen molar-refractivity contribution in [2.75, 3.05) is 19.7 Å². The third kappa shape index (κ3) is 5.70. The summed E-state index contributed by atoms with van der Waals surface area (Å²) in [6.07, 6.45) is 3.79. The van der Waals surface area contributed by atoms with Crippen molar-refractivity contribution >= 4 is 23.6 Å². The van der Waals surface area contributed by atoms with Gasteiger partial charge in [-0.3, -0.25) is 14.9 Å². The number of nitro groups is 1. The van der Waals surface area contributed by atoms with Crippen LogP contribution in [-0.2, 0) is 14.3 Å². The smallest absolute Gasteiger partial charge is 0.331 e. The zero-order chi connectivity index (χ0) is 18.4. The van der Waals surface area contributed by atoms with Crippen LogP contribution >= 0.6 is 0 Å². The Bertz CT molecular complexity index is 659. The average Bonchev–Trinajstić information content (AvgIpc) is 2.57. The van der Waals surface area contributed by atoms with Crippen LogP contribution in [0.15, 0.2) is 30.3 Å². The fourth-order valence-corrected chi connectivity index (χ4v) is 3.01. The Morgan fingerprint density at radius 2 is 1.84 bits per heavy atom. The minimum atomic E-state index is -0.621. The van der Waals surface area contributed by atoms with Gasteiger partial charge in [0.05, 0.1) is 4.92 Å². The molecule has 1 aliphatic heterocycles. The SMILES string of the molecule is C[C@@H]1C[C@@H](C)CN(C(=O)COC(=O)/C=C/c2ccc([N+](=O)[O-])cc2)C1. The molecular weight excluding hydrogens is 324 g/mol. The van der Waals surface area contributed by atoms with Gasteiger partial charge in [-0.1, -0.05) is 13.8 Å². The van der Waals surface area contributed by atoms with Crippen molar-refractivity contribution in [3.63, 3.8) is 0 Å². The molecule has 0 spiro atoms. The molecule has 0 aliphatic carbocycles. The molecule has 7 nitrogen and oxygen atoms in total. The lowest BCUT2D eigenvalue weighted by molar-refractivity contribution is -0.384. The van der Waals surface area contributed by atoms with Crippen LogP contribution in [0.3, 0.4) is 0 Å². The van der Waals surface area contributed by atoms with E-state index in [4.69, 9.17) is 4.74 Å². The minimum absolute atomic E-state index is 0.0182. The van der Waals surface area contributed by atoms with Crippen LogP contribution in [0.5, 0.6) is 0 Å². The van der Waals surface area contributed by atoms with Gasteiger partial charge in [0, 0.05) is 31.3 Å². The summed E-state index contributed by atoms with van der Waals surface area (Å²) in [5.41, 5.74) is 0.614. The summed E-state index contributed by atoms with van der Waals surface area (Å²) in [6, 6.07) is 5.77. The number of likely N-dealkylation sites (tertiary alicyclic amines) is 1. The highest BCUT2D eigenvalue weighted by molar-refractivity contribution is 5.89. The number of esters is 1. The highest BCUT2D eigenvalue weighted by Gasteiger charge is 2.25. The Morgan fingerprint density at radius 3 is 2.40 bits per heavy atom. The molecule has 2 atom stereocenters. The number of benzene rings is 1. The van der Waals surface area contributed by atoms with Crippen LogP contribution in [0.25, 0.3) is 6.08 Å². The van der Waals surface area contributed by atoms with Crippen LogP contribution in [-0.4, -0.2) is 41.4 Å². The first kappa shape index (κ1) is 18.6. The monoisotopic (exact) mass is 346 g/mol. The third-order valence-corrected chi connectivity index (χ3v) is 4.08. The summed E-state index contributed by atoms with van der Waals surface area (Å²) in [6.45, 7) is 5.32. The number of hydrogen-bond acceptors (Lipinski definition) is 5. The summed E-state index contributed by atoms with van der Waals surface area (Å²) in [4.78, 5) is 35.7. The highest BCUT2D eigenvalue weighted by atomic mass is 16.6. The van der Waals surface area contributed by atoms with Gasteiger partial charge in [0.1, 0.15) is 0 Å². The van der Waals surface area contributed by atoms with Gasteiger partial charge in [0.25, 0.3) is 11.6 Å². The number of carbonyl (C=O) groups is 2. The zero-order valence-electron chi connectivity index (χ0n) is 14.4. The van der Waals surface area contributed by atoms with Gasteiger partial charge >= 0.3 is 5.97 Å². The topological polar surface area (TPSA) is 89.8 Å². The molecule has 0 unspecified atom stereocenters. The van der Waals surface area contributed by atoms with E-state index in [0.717, 1.165) is 6.42 Å². The molecular formula is C18H22N2O5. The van der Waals surface area contributed by atoms with Crippen LogP contribution in [0, 0.1) is 22.0 Å². The van der Waals surface area contributed by atoms with Crippen LogP contribution in [0.4, 0.5) is 5.69 Å². The van der Waals surface area contributed by atoms with Gasteiger partial charge in [0.15, 0.2) is 6.61 Å². The molecule has 1 amide bonds. The van der Waals surface area contributed by atoms with E-state index >= 15 is 0 Å². The molecule has 1 aliphatic rings. The number of hydrogen-bond donors (Lipinski definition) is 0. The Morgan fingerprint density at radius 1 is 1.24 bits per heavy atom. The molecule has 7 heteroatoms. The maximum atomic E-state index is 12.1. The van der Waals surface area contributed by atoms with E-state index in [0.29, 0.717) is 30.5 Å². The zero-order valence-corrected chi connectivity index (χ0v) is 14.4. The van der Waals surface area contributed by atoms with Crippen LogP contribution < -0.4 is 0 Å². The molecule has 1 aromatic rings. The predicted octanol–water partition coefficient (Wildman–Crippen LogP) is 2.66. The van der Waals surface area contributed by atoms with Crippen molar-refractivity contribution < 1.29 is 19.2 Å². The van der Waals surface area contributed by atoms with E-state index in [1.165, 1.54) is 36.4 Å². The second kappa shape index (κ2) is 8.41. The van der Waals surface area contributed by atoms with Crippen molar-refractivity contribution in [2.45, 2.75) is 20.3 Å². The van der Waals surface area contributed by atoms with E-state index in [-0.39, 0.29) is 18.2 Å². The molecule has 0 bridgehead atoms. The Hall–Kier alpha value is -2.70. The number of carbonyl (C=O) groups excluding carboxylic acids is 2. The molecule has 134 valence electrons. The van der Waals surface area contributed by atoms with Crippen molar-refractivity contribution in [3.8, 4) is 0 Å². The lowest BCUT2D eigenvalue weighted by atomic mass is 9.92.